The van der Waals surface area contributed by atoms with E-state index in [0.717, 1.165) is 16.6 Å². The Labute approximate surface area is 130 Å². The van der Waals surface area contributed by atoms with E-state index in [1.54, 1.807) is 12.1 Å². The molecule has 3 N–H and O–H groups in total. The van der Waals surface area contributed by atoms with Crippen LogP contribution in [0, 0.1) is 11.6 Å². The molecule has 2 aromatic carbocycles. The molecular weight excluding hydrogens is 398 g/mol. The van der Waals surface area contributed by atoms with Gasteiger partial charge in [-0.25, -0.2) is 8.78 Å². The topological polar surface area (TPSA) is 55.1 Å². The van der Waals surface area contributed by atoms with Crippen molar-refractivity contribution in [2.45, 2.75) is 0 Å². The number of hydrogen-bond acceptors (Lipinski definition) is 2. The van der Waals surface area contributed by atoms with E-state index in [4.69, 9.17) is 5.73 Å². The van der Waals surface area contributed by atoms with Crippen LogP contribution >= 0.6 is 31.9 Å². The van der Waals surface area contributed by atoms with Gasteiger partial charge in [0.15, 0.2) is 0 Å². The lowest BCUT2D eigenvalue weighted by molar-refractivity contribution is 0.102. The number of halogens is 4. The molecule has 0 aliphatic heterocycles. The Morgan fingerprint density at radius 1 is 1.15 bits per heavy atom. The van der Waals surface area contributed by atoms with E-state index >= 15 is 0 Å². The van der Waals surface area contributed by atoms with Crippen LogP contribution in [0.3, 0.4) is 0 Å². The number of amides is 1. The number of anilines is 2. The van der Waals surface area contributed by atoms with Crippen LogP contribution in [-0.2, 0) is 0 Å². The standard InChI is InChI=1S/C13H8Br2F2N2O/c14-6-3-9(15)12(11(18)4-6)19-13(20)8-2-1-7(16)5-10(8)17/h1-5H,18H2,(H,19,20). The largest absolute Gasteiger partial charge is 0.397 e. The van der Waals surface area contributed by atoms with E-state index < -0.39 is 17.5 Å². The summed E-state index contributed by atoms with van der Waals surface area (Å²) < 4.78 is 27.6. The van der Waals surface area contributed by atoms with Crippen LogP contribution in [0.25, 0.3) is 0 Å². The molecule has 1 amide bonds. The van der Waals surface area contributed by atoms with Crippen LogP contribution < -0.4 is 11.1 Å². The first-order valence-corrected chi connectivity index (χ1v) is 6.98. The van der Waals surface area contributed by atoms with E-state index in [1.807, 2.05) is 0 Å². The SMILES string of the molecule is Nc1cc(Br)cc(Br)c1NC(=O)c1ccc(F)cc1F. The van der Waals surface area contributed by atoms with Crippen molar-refractivity contribution >= 4 is 49.1 Å². The van der Waals surface area contributed by atoms with Crippen LogP contribution in [0.5, 0.6) is 0 Å². The van der Waals surface area contributed by atoms with Gasteiger partial charge in [-0.3, -0.25) is 4.79 Å². The Balaban J connectivity index is 2.33. The van der Waals surface area contributed by atoms with Gasteiger partial charge in [-0.15, -0.1) is 0 Å². The van der Waals surface area contributed by atoms with Gasteiger partial charge >= 0.3 is 0 Å². The monoisotopic (exact) mass is 404 g/mol. The van der Waals surface area contributed by atoms with Crippen molar-refractivity contribution in [2.75, 3.05) is 11.1 Å². The van der Waals surface area contributed by atoms with E-state index in [0.29, 0.717) is 21.9 Å². The van der Waals surface area contributed by atoms with Crippen LogP contribution in [0.15, 0.2) is 39.3 Å². The molecule has 0 fully saturated rings. The Morgan fingerprint density at radius 2 is 1.85 bits per heavy atom. The van der Waals surface area contributed by atoms with Crippen molar-refractivity contribution in [3.8, 4) is 0 Å². The second kappa shape index (κ2) is 5.88. The maximum Gasteiger partial charge on any atom is 0.258 e. The number of rotatable bonds is 2. The van der Waals surface area contributed by atoms with Gasteiger partial charge in [-0.05, 0) is 40.2 Å². The zero-order chi connectivity index (χ0) is 14.9. The molecule has 0 spiro atoms. The first-order valence-electron chi connectivity index (χ1n) is 5.39. The minimum absolute atomic E-state index is 0.263. The number of benzene rings is 2. The lowest BCUT2D eigenvalue weighted by atomic mass is 10.2. The first kappa shape index (κ1) is 14.9. The molecule has 7 heteroatoms. The summed E-state index contributed by atoms with van der Waals surface area (Å²) in [6, 6.07) is 6.02. The maximum absolute atomic E-state index is 13.5. The summed E-state index contributed by atoms with van der Waals surface area (Å²) in [6.07, 6.45) is 0. The fourth-order valence-corrected chi connectivity index (χ4v) is 2.94. The highest BCUT2D eigenvalue weighted by atomic mass is 79.9. The number of hydrogen-bond donors (Lipinski definition) is 2. The van der Waals surface area contributed by atoms with E-state index in [9.17, 15) is 13.6 Å². The summed E-state index contributed by atoms with van der Waals surface area (Å²) in [5, 5.41) is 2.49. The molecule has 0 saturated carbocycles. The number of nitrogen functional groups attached to an aromatic ring is 1. The highest BCUT2D eigenvalue weighted by Gasteiger charge is 2.15. The van der Waals surface area contributed by atoms with Crippen molar-refractivity contribution in [3.63, 3.8) is 0 Å². The molecule has 0 heterocycles. The third kappa shape index (κ3) is 3.16. The van der Waals surface area contributed by atoms with Gasteiger partial charge in [0.1, 0.15) is 11.6 Å². The molecule has 0 aromatic heterocycles. The normalized spacial score (nSPS) is 10.4. The smallest absolute Gasteiger partial charge is 0.258 e. The fourth-order valence-electron chi connectivity index (χ4n) is 1.58. The molecule has 0 radical (unpaired) electrons. The molecule has 0 aliphatic carbocycles. The van der Waals surface area contributed by atoms with Gasteiger partial charge in [0.05, 0.1) is 16.9 Å². The molecule has 20 heavy (non-hydrogen) atoms. The summed E-state index contributed by atoms with van der Waals surface area (Å²) >= 11 is 6.50. The lowest BCUT2D eigenvalue weighted by Gasteiger charge is -2.11. The van der Waals surface area contributed by atoms with Crippen molar-refractivity contribution in [1.82, 2.24) is 0 Å². The van der Waals surface area contributed by atoms with Gasteiger partial charge in [0.2, 0.25) is 0 Å². The van der Waals surface area contributed by atoms with Crippen molar-refractivity contribution in [3.05, 3.63) is 56.5 Å². The first-order chi connectivity index (χ1) is 9.38. The molecule has 0 bridgehead atoms. The molecule has 0 aliphatic rings. The Hall–Kier alpha value is -1.47. The third-order valence-corrected chi connectivity index (χ3v) is 3.58. The average molecular weight is 406 g/mol. The van der Waals surface area contributed by atoms with E-state index in [1.165, 1.54) is 0 Å². The second-order valence-corrected chi connectivity index (χ2v) is 5.70. The zero-order valence-electron chi connectivity index (χ0n) is 9.88. The summed E-state index contributed by atoms with van der Waals surface area (Å²) in [5.74, 6) is -2.39. The molecule has 2 rings (SSSR count). The number of nitrogens with one attached hydrogen (secondary N) is 1. The highest BCUT2D eigenvalue weighted by molar-refractivity contribution is 9.11. The molecule has 3 nitrogen and oxygen atoms in total. The fraction of sp³-hybridized carbons (Fsp3) is 0. The molecular formula is C13H8Br2F2N2O. The van der Waals surface area contributed by atoms with Gasteiger partial charge in [0, 0.05) is 15.0 Å². The van der Waals surface area contributed by atoms with Gasteiger partial charge in [-0.1, -0.05) is 15.9 Å². The lowest BCUT2D eigenvalue weighted by Crippen LogP contribution is -2.15. The summed E-state index contributed by atoms with van der Waals surface area (Å²) in [7, 11) is 0. The maximum atomic E-state index is 13.5. The van der Waals surface area contributed by atoms with Crippen LogP contribution in [0.2, 0.25) is 0 Å². The predicted molar refractivity (Wildman–Crippen MR) is 80.6 cm³/mol. The number of carbonyl (C=O) groups is 1. The highest BCUT2D eigenvalue weighted by Crippen LogP contribution is 2.33. The molecule has 0 unspecified atom stereocenters. The molecule has 104 valence electrons. The summed E-state index contributed by atoms with van der Waals surface area (Å²) in [5.41, 5.74) is 6.15. The van der Waals surface area contributed by atoms with Gasteiger partial charge < -0.3 is 11.1 Å². The molecule has 0 atom stereocenters. The summed E-state index contributed by atoms with van der Waals surface area (Å²) in [4.78, 5) is 12.0. The van der Waals surface area contributed by atoms with Crippen molar-refractivity contribution in [1.29, 1.82) is 0 Å². The third-order valence-electron chi connectivity index (χ3n) is 2.50. The summed E-state index contributed by atoms with van der Waals surface area (Å²) in [6.45, 7) is 0. The predicted octanol–water partition coefficient (Wildman–Crippen LogP) is 4.32. The quantitative estimate of drug-likeness (QED) is 0.731. The Morgan fingerprint density at radius 3 is 2.45 bits per heavy atom. The average Bonchev–Trinajstić information content (AvgIpc) is 2.33. The van der Waals surface area contributed by atoms with Crippen LogP contribution in [0.1, 0.15) is 10.4 Å². The van der Waals surface area contributed by atoms with Crippen LogP contribution in [0.4, 0.5) is 20.2 Å². The molecule has 2 aromatic rings. The Bertz CT molecular complexity index is 669. The molecule has 0 saturated heterocycles. The van der Waals surface area contributed by atoms with Crippen molar-refractivity contribution < 1.29 is 13.6 Å². The number of nitrogens with two attached hydrogens (primary N) is 1. The van der Waals surface area contributed by atoms with Gasteiger partial charge in [-0.2, -0.15) is 0 Å². The van der Waals surface area contributed by atoms with Crippen LogP contribution in [-0.4, -0.2) is 5.91 Å². The van der Waals surface area contributed by atoms with E-state index in [2.05, 4.69) is 37.2 Å². The number of carbonyl (C=O) groups excluding carboxylic acids is 1. The Kier molecular flexibility index (Phi) is 4.39. The minimum Gasteiger partial charge on any atom is -0.397 e. The second-order valence-electron chi connectivity index (χ2n) is 3.93. The van der Waals surface area contributed by atoms with Gasteiger partial charge in [0.25, 0.3) is 5.91 Å². The minimum atomic E-state index is -0.936. The van der Waals surface area contributed by atoms with Crippen molar-refractivity contribution in [2.24, 2.45) is 0 Å². The zero-order valence-corrected chi connectivity index (χ0v) is 13.1. The van der Waals surface area contributed by atoms with E-state index in [-0.39, 0.29) is 5.56 Å².